The summed E-state index contributed by atoms with van der Waals surface area (Å²) in [5.41, 5.74) is 7.08. The van der Waals surface area contributed by atoms with Gasteiger partial charge in [-0.05, 0) is 19.1 Å². The number of benzene rings is 1. The lowest BCUT2D eigenvalue weighted by molar-refractivity contribution is 0.219. The Morgan fingerprint density at radius 3 is 2.47 bits per heavy atom. The molecule has 0 bridgehead atoms. The van der Waals surface area contributed by atoms with Gasteiger partial charge in [0, 0.05) is 26.2 Å². The first kappa shape index (κ1) is 13.4. The highest BCUT2D eigenvalue weighted by Crippen LogP contribution is 2.19. The van der Waals surface area contributed by atoms with Gasteiger partial charge in [-0.15, -0.1) is 0 Å². The van der Waals surface area contributed by atoms with Crippen LogP contribution >= 0.6 is 12.2 Å². The summed E-state index contributed by atoms with van der Waals surface area (Å²) in [6.07, 6.45) is 0. The summed E-state index contributed by atoms with van der Waals surface area (Å²) in [6.45, 7) is 2.57. The lowest BCUT2D eigenvalue weighted by Crippen LogP contribution is -2.39. The van der Waals surface area contributed by atoms with E-state index in [1.165, 1.54) is 0 Å². The number of urea groups is 1. The normalized spacial score (nSPS) is 9.82. The number of nitrogens with two attached hydrogens (primary N) is 1. The zero-order chi connectivity index (χ0) is 13.0. The molecular weight excluding hydrogens is 234 g/mol. The highest BCUT2D eigenvalue weighted by Gasteiger charge is 2.17. The van der Waals surface area contributed by atoms with E-state index in [4.69, 9.17) is 18.0 Å². The van der Waals surface area contributed by atoms with Crippen molar-refractivity contribution in [2.45, 2.75) is 6.92 Å². The van der Waals surface area contributed by atoms with E-state index < -0.39 is 0 Å². The number of carbonyl (C=O) groups is 1. The van der Waals surface area contributed by atoms with Crippen molar-refractivity contribution in [1.82, 2.24) is 4.90 Å². The maximum Gasteiger partial charge on any atom is 0.323 e. The van der Waals surface area contributed by atoms with Crippen molar-refractivity contribution in [3.05, 3.63) is 29.8 Å². The highest BCUT2D eigenvalue weighted by atomic mass is 32.1. The Morgan fingerprint density at radius 2 is 1.94 bits per heavy atom. The monoisotopic (exact) mass is 251 g/mol. The number of hydrogen-bond donors (Lipinski definition) is 1. The maximum absolute atomic E-state index is 12.0. The molecule has 1 aromatic carbocycles. The third-order valence-corrected chi connectivity index (χ3v) is 2.84. The molecule has 0 unspecified atom stereocenters. The Balaban J connectivity index is 3.08. The maximum atomic E-state index is 12.0. The van der Waals surface area contributed by atoms with E-state index in [0.29, 0.717) is 17.1 Å². The third-order valence-electron chi connectivity index (χ3n) is 2.62. The second-order valence-electron chi connectivity index (χ2n) is 3.74. The minimum absolute atomic E-state index is 0.0869. The Labute approximate surface area is 107 Å². The second-order valence-corrected chi connectivity index (χ2v) is 4.18. The van der Waals surface area contributed by atoms with Crippen LogP contribution in [0.1, 0.15) is 12.5 Å². The van der Waals surface area contributed by atoms with Crippen molar-refractivity contribution in [3.63, 3.8) is 0 Å². The number of carbonyl (C=O) groups excluding carboxylic acids is 1. The molecule has 0 aromatic heterocycles. The van der Waals surface area contributed by atoms with Crippen LogP contribution in [0.3, 0.4) is 0 Å². The first-order valence-electron chi connectivity index (χ1n) is 5.36. The molecule has 0 aliphatic heterocycles. The number of para-hydroxylation sites is 1. The number of nitrogens with zero attached hydrogens (tertiary/aromatic N) is 2. The number of hydrogen-bond acceptors (Lipinski definition) is 2. The minimum Gasteiger partial charge on any atom is -0.389 e. The molecule has 0 fully saturated rings. The van der Waals surface area contributed by atoms with Gasteiger partial charge >= 0.3 is 6.03 Å². The van der Waals surface area contributed by atoms with E-state index in [9.17, 15) is 4.79 Å². The average Bonchev–Trinajstić information content (AvgIpc) is 2.35. The van der Waals surface area contributed by atoms with Crippen molar-refractivity contribution >= 4 is 28.9 Å². The van der Waals surface area contributed by atoms with E-state index in [0.717, 1.165) is 5.69 Å². The molecule has 1 aromatic rings. The van der Waals surface area contributed by atoms with Gasteiger partial charge in [0.2, 0.25) is 0 Å². The van der Waals surface area contributed by atoms with Crippen LogP contribution in [-0.4, -0.2) is 36.6 Å². The van der Waals surface area contributed by atoms with Crippen molar-refractivity contribution in [2.24, 2.45) is 5.73 Å². The van der Waals surface area contributed by atoms with Gasteiger partial charge in [-0.2, -0.15) is 0 Å². The zero-order valence-electron chi connectivity index (χ0n) is 10.3. The predicted octanol–water partition coefficient (Wildman–Crippen LogP) is 1.83. The molecule has 4 nitrogen and oxygen atoms in total. The second kappa shape index (κ2) is 5.63. The molecule has 0 radical (unpaired) electrons. The van der Waals surface area contributed by atoms with E-state index >= 15 is 0 Å². The fraction of sp³-hybridized carbons (Fsp3) is 0.333. The molecule has 0 saturated heterocycles. The standard InChI is InChI=1S/C12H17N3OS/c1-4-14(2)12(16)15(3)10-8-6-5-7-9(10)11(13)17/h5-8H,4H2,1-3H3,(H2,13,17). The number of thiocarbonyl (C=S) groups is 1. The Hall–Kier alpha value is -1.62. The van der Waals surface area contributed by atoms with Crippen molar-refractivity contribution in [1.29, 1.82) is 0 Å². The van der Waals surface area contributed by atoms with Gasteiger partial charge in [0.05, 0.1) is 5.69 Å². The fourth-order valence-corrected chi connectivity index (χ4v) is 1.64. The highest BCUT2D eigenvalue weighted by molar-refractivity contribution is 7.80. The number of anilines is 1. The molecule has 1 rings (SSSR count). The molecule has 0 saturated carbocycles. The summed E-state index contributed by atoms with van der Waals surface area (Å²) in [5, 5.41) is 0. The Kier molecular flexibility index (Phi) is 4.45. The summed E-state index contributed by atoms with van der Waals surface area (Å²) in [7, 11) is 3.47. The predicted molar refractivity (Wildman–Crippen MR) is 74.4 cm³/mol. The van der Waals surface area contributed by atoms with Gasteiger partial charge in [0.25, 0.3) is 0 Å². The van der Waals surface area contributed by atoms with Crippen LogP contribution in [0.2, 0.25) is 0 Å². The van der Waals surface area contributed by atoms with Crippen molar-refractivity contribution in [2.75, 3.05) is 25.5 Å². The van der Waals surface area contributed by atoms with E-state index in [2.05, 4.69) is 0 Å². The molecule has 92 valence electrons. The molecule has 2 amide bonds. The molecule has 0 atom stereocenters. The molecule has 0 spiro atoms. The van der Waals surface area contributed by atoms with Crippen molar-refractivity contribution < 1.29 is 4.79 Å². The molecule has 5 heteroatoms. The largest absolute Gasteiger partial charge is 0.389 e. The van der Waals surface area contributed by atoms with Gasteiger partial charge in [0.1, 0.15) is 4.99 Å². The molecule has 0 aliphatic carbocycles. The van der Waals surface area contributed by atoms with Crippen LogP contribution in [0, 0.1) is 0 Å². The summed E-state index contributed by atoms with van der Waals surface area (Å²) in [4.78, 5) is 15.5. The molecule has 2 N–H and O–H groups in total. The fourth-order valence-electron chi connectivity index (χ4n) is 1.47. The Morgan fingerprint density at radius 1 is 1.35 bits per heavy atom. The quantitative estimate of drug-likeness (QED) is 0.834. The molecule has 17 heavy (non-hydrogen) atoms. The van der Waals surface area contributed by atoms with Crippen LogP contribution in [0.15, 0.2) is 24.3 Å². The molecular formula is C12H17N3OS. The summed E-state index contributed by atoms with van der Waals surface area (Å²) in [5.74, 6) is 0. The van der Waals surface area contributed by atoms with Crippen LogP contribution in [0.5, 0.6) is 0 Å². The summed E-state index contributed by atoms with van der Waals surface area (Å²) in [6, 6.07) is 7.26. The Bertz CT molecular complexity index is 434. The summed E-state index contributed by atoms with van der Waals surface area (Å²) >= 11 is 4.98. The summed E-state index contributed by atoms with van der Waals surface area (Å²) < 4.78 is 0. The lowest BCUT2D eigenvalue weighted by atomic mass is 10.1. The topological polar surface area (TPSA) is 49.6 Å². The van der Waals surface area contributed by atoms with Gasteiger partial charge in [0.15, 0.2) is 0 Å². The van der Waals surface area contributed by atoms with Crippen molar-refractivity contribution in [3.8, 4) is 0 Å². The van der Waals surface area contributed by atoms with Crippen LogP contribution < -0.4 is 10.6 Å². The smallest absolute Gasteiger partial charge is 0.323 e. The number of rotatable bonds is 3. The molecule has 0 aliphatic rings. The number of amides is 2. The first-order chi connectivity index (χ1) is 7.99. The van der Waals surface area contributed by atoms with Crippen LogP contribution in [0.4, 0.5) is 10.5 Å². The van der Waals surface area contributed by atoms with Gasteiger partial charge in [-0.1, -0.05) is 24.4 Å². The van der Waals surface area contributed by atoms with Gasteiger partial charge in [-0.25, -0.2) is 4.79 Å². The SMILES string of the molecule is CCN(C)C(=O)N(C)c1ccccc1C(N)=S. The van der Waals surface area contributed by atoms with Crippen LogP contribution in [0.25, 0.3) is 0 Å². The lowest BCUT2D eigenvalue weighted by Gasteiger charge is -2.25. The third kappa shape index (κ3) is 2.94. The average molecular weight is 251 g/mol. The van der Waals surface area contributed by atoms with E-state index in [1.54, 1.807) is 23.9 Å². The van der Waals surface area contributed by atoms with Gasteiger partial charge in [-0.3, -0.25) is 4.90 Å². The van der Waals surface area contributed by atoms with E-state index in [-0.39, 0.29) is 6.03 Å². The van der Waals surface area contributed by atoms with Gasteiger partial charge < -0.3 is 10.6 Å². The van der Waals surface area contributed by atoms with E-state index in [1.807, 2.05) is 31.2 Å². The molecule has 0 heterocycles. The minimum atomic E-state index is -0.0869. The zero-order valence-corrected chi connectivity index (χ0v) is 11.1. The first-order valence-corrected chi connectivity index (χ1v) is 5.77. The van der Waals surface area contributed by atoms with Crippen LogP contribution in [-0.2, 0) is 0 Å².